The van der Waals surface area contributed by atoms with Crippen molar-refractivity contribution in [1.29, 1.82) is 0 Å². The first kappa shape index (κ1) is 22.2. The van der Waals surface area contributed by atoms with Crippen molar-refractivity contribution in [3.8, 4) is 0 Å². The molecule has 0 bridgehead atoms. The van der Waals surface area contributed by atoms with Crippen LogP contribution in [-0.4, -0.2) is 42.6 Å². The second-order valence-electron chi connectivity index (χ2n) is 8.32. The fourth-order valence-corrected chi connectivity index (χ4v) is 4.74. The molecular weight excluding hydrogens is 421 g/mol. The monoisotopic (exact) mass is 449 g/mol. The standard InChI is InChI=1S/C26H28FN3OS/c1-29(2)13-12-28-26(31)15-23(20-11-14-32-18-20)24-17-30(25-6-4-3-5-22(24)25)16-19-7-9-21(27)10-8-19/h3-11,14,17-18,23H,12-13,15-16H2,1-2H3,(H,28,31). The third-order valence-electron chi connectivity index (χ3n) is 5.68. The van der Waals surface area contributed by atoms with Gasteiger partial charge < -0.3 is 14.8 Å². The number of hydrogen-bond donors (Lipinski definition) is 1. The van der Waals surface area contributed by atoms with Crippen LogP contribution >= 0.6 is 11.3 Å². The van der Waals surface area contributed by atoms with Crippen molar-refractivity contribution < 1.29 is 9.18 Å². The van der Waals surface area contributed by atoms with Gasteiger partial charge in [0.2, 0.25) is 5.91 Å². The molecule has 1 N–H and O–H groups in total. The summed E-state index contributed by atoms with van der Waals surface area (Å²) in [6.45, 7) is 2.09. The Hall–Kier alpha value is -2.96. The lowest BCUT2D eigenvalue weighted by atomic mass is 9.89. The maximum Gasteiger partial charge on any atom is 0.220 e. The van der Waals surface area contributed by atoms with Gasteiger partial charge in [-0.05, 0) is 65.8 Å². The second kappa shape index (κ2) is 10.1. The number of rotatable bonds is 9. The van der Waals surface area contributed by atoms with E-state index in [9.17, 15) is 9.18 Å². The molecule has 4 aromatic rings. The van der Waals surface area contributed by atoms with E-state index >= 15 is 0 Å². The van der Waals surface area contributed by atoms with E-state index in [0.717, 1.165) is 34.1 Å². The quantitative estimate of drug-likeness (QED) is 0.386. The molecule has 1 amide bonds. The van der Waals surface area contributed by atoms with E-state index in [1.165, 1.54) is 12.1 Å². The lowest BCUT2D eigenvalue weighted by molar-refractivity contribution is -0.121. The van der Waals surface area contributed by atoms with Gasteiger partial charge >= 0.3 is 0 Å². The zero-order chi connectivity index (χ0) is 22.5. The number of benzene rings is 2. The Bertz CT molecular complexity index is 1170. The van der Waals surface area contributed by atoms with E-state index in [2.05, 4.69) is 49.9 Å². The van der Waals surface area contributed by atoms with Gasteiger partial charge in [0.1, 0.15) is 5.82 Å². The van der Waals surface area contributed by atoms with Gasteiger partial charge in [0.25, 0.3) is 0 Å². The van der Waals surface area contributed by atoms with Gasteiger partial charge in [0.05, 0.1) is 0 Å². The highest BCUT2D eigenvalue weighted by molar-refractivity contribution is 7.08. The molecule has 4 nitrogen and oxygen atoms in total. The van der Waals surface area contributed by atoms with Crippen molar-refractivity contribution in [3.05, 3.63) is 94.1 Å². The van der Waals surface area contributed by atoms with Crippen LogP contribution in [0.3, 0.4) is 0 Å². The molecule has 0 aliphatic carbocycles. The Balaban J connectivity index is 1.66. The van der Waals surface area contributed by atoms with Crippen LogP contribution in [0.4, 0.5) is 4.39 Å². The lowest BCUT2D eigenvalue weighted by Gasteiger charge is -2.16. The number of aromatic nitrogens is 1. The van der Waals surface area contributed by atoms with Crippen molar-refractivity contribution in [2.24, 2.45) is 0 Å². The first-order chi connectivity index (χ1) is 15.5. The van der Waals surface area contributed by atoms with Crippen LogP contribution in [0.1, 0.15) is 29.0 Å². The molecule has 4 rings (SSSR count). The molecule has 32 heavy (non-hydrogen) atoms. The number of thiophene rings is 1. The number of hydrogen-bond acceptors (Lipinski definition) is 3. The molecule has 0 spiro atoms. The molecule has 0 radical (unpaired) electrons. The zero-order valence-electron chi connectivity index (χ0n) is 18.4. The molecule has 2 heterocycles. The van der Waals surface area contributed by atoms with Crippen molar-refractivity contribution in [2.75, 3.05) is 27.2 Å². The van der Waals surface area contributed by atoms with E-state index in [4.69, 9.17) is 0 Å². The molecule has 0 saturated heterocycles. The van der Waals surface area contributed by atoms with E-state index in [1.54, 1.807) is 11.3 Å². The Morgan fingerprint density at radius 1 is 1.12 bits per heavy atom. The molecule has 166 valence electrons. The van der Waals surface area contributed by atoms with E-state index in [1.807, 2.05) is 38.4 Å². The maximum atomic E-state index is 13.4. The molecule has 1 atom stereocenters. The van der Waals surface area contributed by atoms with Gasteiger partial charge in [0, 0.05) is 49.1 Å². The number of fused-ring (bicyclic) bond motifs is 1. The van der Waals surface area contributed by atoms with Crippen LogP contribution in [-0.2, 0) is 11.3 Å². The highest BCUT2D eigenvalue weighted by Crippen LogP contribution is 2.36. The smallest absolute Gasteiger partial charge is 0.220 e. The van der Waals surface area contributed by atoms with Gasteiger partial charge in [-0.25, -0.2) is 4.39 Å². The van der Waals surface area contributed by atoms with Gasteiger partial charge in [0.15, 0.2) is 0 Å². The SMILES string of the molecule is CN(C)CCNC(=O)CC(c1ccsc1)c1cn(Cc2ccc(F)cc2)c2ccccc12. The summed E-state index contributed by atoms with van der Waals surface area (Å²) in [7, 11) is 3.99. The van der Waals surface area contributed by atoms with Crippen molar-refractivity contribution in [1.82, 2.24) is 14.8 Å². The second-order valence-corrected chi connectivity index (χ2v) is 9.10. The molecule has 0 aliphatic rings. The molecule has 2 aromatic heterocycles. The maximum absolute atomic E-state index is 13.4. The third kappa shape index (κ3) is 5.26. The zero-order valence-corrected chi connectivity index (χ0v) is 19.2. The number of nitrogens with zero attached hydrogens (tertiary/aromatic N) is 2. The minimum absolute atomic E-state index is 0.0278. The number of likely N-dealkylation sites (N-methyl/N-ethyl adjacent to an activating group) is 1. The van der Waals surface area contributed by atoms with Gasteiger partial charge in [-0.15, -0.1) is 0 Å². The Morgan fingerprint density at radius 2 is 1.91 bits per heavy atom. The average Bonchev–Trinajstić information content (AvgIpc) is 3.42. The third-order valence-corrected chi connectivity index (χ3v) is 6.38. The van der Waals surface area contributed by atoms with Crippen LogP contribution in [0.15, 0.2) is 71.6 Å². The van der Waals surface area contributed by atoms with Crippen LogP contribution in [0.2, 0.25) is 0 Å². The van der Waals surface area contributed by atoms with Crippen LogP contribution in [0.25, 0.3) is 10.9 Å². The topological polar surface area (TPSA) is 37.3 Å². The van der Waals surface area contributed by atoms with Gasteiger partial charge in [-0.3, -0.25) is 4.79 Å². The first-order valence-electron chi connectivity index (χ1n) is 10.8. The normalized spacial score (nSPS) is 12.4. The minimum atomic E-state index is -0.232. The molecule has 0 aliphatic heterocycles. The lowest BCUT2D eigenvalue weighted by Crippen LogP contribution is -2.32. The van der Waals surface area contributed by atoms with Crippen LogP contribution < -0.4 is 5.32 Å². The van der Waals surface area contributed by atoms with Crippen LogP contribution in [0, 0.1) is 5.82 Å². The molecule has 1 unspecified atom stereocenters. The summed E-state index contributed by atoms with van der Waals surface area (Å²) in [6, 6.07) is 17.0. The van der Waals surface area contributed by atoms with E-state index in [-0.39, 0.29) is 17.6 Å². The predicted octanol–water partition coefficient (Wildman–Crippen LogP) is 5.09. The van der Waals surface area contributed by atoms with E-state index in [0.29, 0.717) is 19.5 Å². The van der Waals surface area contributed by atoms with Crippen molar-refractivity contribution >= 4 is 28.1 Å². The number of halogens is 1. The summed E-state index contributed by atoms with van der Waals surface area (Å²) in [5.74, 6) is -0.206. The summed E-state index contributed by atoms with van der Waals surface area (Å²) in [6.07, 6.45) is 2.55. The summed E-state index contributed by atoms with van der Waals surface area (Å²) in [4.78, 5) is 14.9. The van der Waals surface area contributed by atoms with E-state index < -0.39 is 0 Å². The Morgan fingerprint density at radius 3 is 2.62 bits per heavy atom. The molecule has 0 fully saturated rings. The van der Waals surface area contributed by atoms with Gasteiger partial charge in [-0.1, -0.05) is 30.3 Å². The van der Waals surface area contributed by atoms with Crippen LogP contribution in [0.5, 0.6) is 0 Å². The fourth-order valence-electron chi connectivity index (χ4n) is 4.03. The number of carbonyl (C=O) groups is 1. The number of carbonyl (C=O) groups excluding carboxylic acids is 1. The molecular formula is C26H28FN3OS. The first-order valence-corrected chi connectivity index (χ1v) is 11.7. The number of amides is 1. The molecule has 2 aromatic carbocycles. The molecule has 6 heteroatoms. The number of para-hydroxylation sites is 1. The fraction of sp³-hybridized carbons (Fsp3) is 0.269. The Labute approximate surface area is 192 Å². The highest BCUT2D eigenvalue weighted by Gasteiger charge is 2.23. The summed E-state index contributed by atoms with van der Waals surface area (Å²) < 4.78 is 15.5. The Kier molecular flexibility index (Phi) is 7.02. The van der Waals surface area contributed by atoms with Crippen molar-refractivity contribution in [3.63, 3.8) is 0 Å². The molecule has 0 saturated carbocycles. The summed E-state index contributed by atoms with van der Waals surface area (Å²) >= 11 is 1.65. The van der Waals surface area contributed by atoms with Crippen molar-refractivity contribution in [2.45, 2.75) is 18.9 Å². The highest BCUT2D eigenvalue weighted by atomic mass is 32.1. The largest absolute Gasteiger partial charge is 0.355 e. The summed E-state index contributed by atoms with van der Waals surface area (Å²) in [5, 5.41) is 8.39. The summed E-state index contributed by atoms with van der Waals surface area (Å²) in [5.41, 5.74) is 4.44. The van der Waals surface area contributed by atoms with Gasteiger partial charge in [-0.2, -0.15) is 11.3 Å². The predicted molar refractivity (Wildman–Crippen MR) is 130 cm³/mol. The average molecular weight is 450 g/mol. The minimum Gasteiger partial charge on any atom is -0.355 e. The number of nitrogens with one attached hydrogen (secondary N) is 1.